The average molecular weight is 341 g/mol. The third-order valence-corrected chi connectivity index (χ3v) is 4.15. The number of carbonyl (C=O) groups excluding carboxylic acids is 3. The lowest BCUT2D eigenvalue weighted by Crippen LogP contribution is -2.30. The largest absolute Gasteiger partial charge is 0.497 e. The van der Waals surface area contributed by atoms with Gasteiger partial charge in [-0.25, -0.2) is 4.39 Å². The van der Waals surface area contributed by atoms with Gasteiger partial charge in [0, 0.05) is 12.1 Å². The Labute approximate surface area is 144 Å². The van der Waals surface area contributed by atoms with Crippen LogP contribution in [0.5, 0.6) is 5.75 Å². The highest BCUT2D eigenvalue weighted by molar-refractivity contribution is 6.27. The summed E-state index contributed by atoms with van der Waals surface area (Å²) < 4.78 is 18.1. The molecule has 2 aromatic rings. The predicted octanol–water partition coefficient (Wildman–Crippen LogP) is 2.24. The minimum absolute atomic E-state index is 0.109. The molecule has 3 rings (SSSR count). The molecule has 0 aromatic heterocycles. The Bertz CT molecular complexity index is 814. The lowest BCUT2D eigenvalue weighted by atomic mass is 9.95. The molecule has 1 saturated heterocycles. The fraction of sp³-hybridized carbons (Fsp3) is 0.211. The van der Waals surface area contributed by atoms with E-state index in [1.54, 1.807) is 31.4 Å². The smallest absolute Gasteiger partial charge is 0.241 e. The van der Waals surface area contributed by atoms with Crippen LogP contribution in [0.1, 0.15) is 15.9 Å². The summed E-state index contributed by atoms with van der Waals surface area (Å²) in [4.78, 5) is 38.5. The van der Waals surface area contributed by atoms with Crippen LogP contribution in [0.4, 0.5) is 4.39 Å². The molecule has 25 heavy (non-hydrogen) atoms. The van der Waals surface area contributed by atoms with Gasteiger partial charge in [-0.2, -0.15) is 0 Å². The van der Waals surface area contributed by atoms with Gasteiger partial charge in [-0.3, -0.25) is 14.4 Å². The zero-order valence-electron chi connectivity index (χ0n) is 13.6. The molecular formula is C19H16FNO4. The van der Waals surface area contributed by atoms with Crippen molar-refractivity contribution < 1.29 is 23.5 Å². The summed E-state index contributed by atoms with van der Waals surface area (Å²) >= 11 is 0. The molecule has 0 radical (unpaired) electrons. The van der Waals surface area contributed by atoms with Crippen molar-refractivity contribution in [2.24, 2.45) is 5.92 Å². The summed E-state index contributed by atoms with van der Waals surface area (Å²) in [6, 6.07) is 11.9. The van der Waals surface area contributed by atoms with Gasteiger partial charge in [-0.05, 0) is 42.0 Å². The molecule has 1 fully saturated rings. The van der Waals surface area contributed by atoms with E-state index in [9.17, 15) is 18.8 Å². The SMILES string of the molecule is COc1ccc(CN2CC(=O)C(C(=O)c3ccc(F)cc3)C2=O)cc1. The monoisotopic (exact) mass is 341 g/mol. The van der Waals surface area contributed by atoms with Crippen molar-refractivity contribution in [1.82, 2.24) is 4.90 Å². The molecule has 2 aromatic carbocycles. The van der Waals surface area contributed by atoms with Gasteiger partial charge in [0.15, 0.2) is 17.5 Å². The number of benzene rings is 2. The molecule has 1 atom stereocenters. The van der Waals surface area contributed by atoms with Crippen LogP contribution in [0.2, 0.25) is 0 Å². The Balaban J connectivity index is 1.75. The highest BCUT2D eigenvalue weighted by atomic mass is 19.1. The van der Waals surface area contributed by atoms with Crippen LogP contribution >= 0.6 is 0 Å². The van der Waals surface area contributed by atoms with Gasteiger partial charge in [-0.1, -0.05) is 12.1 Å². The van der Waals surface area contributed by atoms with Crippen LogP contribution < -0.4 is 4.74 Å². The number of halogens is 1. The van der Waals surface area contributed by atoms with Gasteiger partial charge >= 0.3 is 0 Å². The van der Waals surface area contributed by atoms with Crippen LogP contribution in [-0.2, 0) is 16.1 Å². The number of nitrogens with zero attached hydrogens (tertiary/aromatic N) is 1. The zero-order valence-corrected chi connectivity index (χ0v) is 13.6. The molecule has 0 saturated carbocycles. The van der Waals surface area contributed by atoms with Crippen LogP contribution in [0.3, 0.4) is 0 Å². The van der Waals surface area contributed by atoms with E-state index in [1.807, 2.05) is 0 Å². The Hall–Kier alpha value is -3.02. The van der Waals surface area contributed by atoms with Gasteiger partial charge in [0.25, 0.3) is 0 Å². The average Bonchev–Trinajstić information content (AvgIpc) is 2.89. The van der Waals surface area contributed by atoms with Crippen LogP contribution in [0.25, 0.3) is 0 Å². The second-order valence-electron chi connectivity index (χ2n) is 5.81. The highest BCUT2D eigenvalue weighted by Crippen LogP contribution is 2.22. The van der Waals surface area contributed by atoms with Crippen LogP contribution in [0.15, 0.2) is 48.5 Å². The number of rotatable bonds is 5. The van der Waals surface area contributed by atoms with Gasteiger partial charge in [0.2, 0.25) is 5.91 Å². The maximum atomic E-state index is 13.0. The summed E-state index contributed by atoms with van der Waals surface area (Å²) in [5, 5.41) is 0. The van der Waals surface area contributed by atoms with Crippen molar-refractivity contribution in [3.8, 4) is 5.75 Å². The number of hydrogen-bond donors (Lipinski definition) is 0. The molecule has 1 aliphatic heterocycles. The first-order valence-electron chi connectivity index (χ1n) is 7.74. The maximum Gasteiger partial charge on any atom is 0.241 e. The molecular weight excluding hydrogens is 325 g/mol. The van der Waals surface area contributed by atoms with Crippen LogP contribution in [0, 0.1) is 11.7 Å². The fourth-order valence-electron chi connectivity index (χ4n) is 2.80. The Morgan fingerprint density at radius 1 is 1.12 bits per heavy atom. The number of ketones is 2. The molecule has 1 aliphatic rings. The molecule has 1 heterocycles. The van der Waals surface area contributed by atoms with Crippen molar-refractivity contribution in [2.45, 2.75) is 6.54 Å². The molecule has 0 spiro atoms. The quantitative estimate of drug-likeness (QED) is 0.618. The zero-order chi connectivity index (χ0) is 18.0. The standard InChI is InChI=1S/C19H16FNO4/c1-25-15-8-2-12(3-9-15)10-21-11-16(22)17(19(21)24)18(23)13-4-6-14(20)7-5-13/h2-9,17H,10-11H2,1H3. The van der Waals surface area contributed by atoms with Gasteiger partial charge in [-0.15, -0.1) is 0 Å². The summed E-state index contributed by atoms with van der Waals surface area (Å²) in [6.45, 7) is 0.129. The second kappa shape index (κ2) is 6.84. The molecule has 1 unspecified atom stereocenters. The van der Waals surface area contributed by atoms with Crippen molar-refractivity contribution in [2.75, 3.05) is 13.7 Å². The van der Waals surface area contributed by atoms with E-state index < -0.39 is 29.2 Å². The third kappa shape index (κ3) is 3.42. The normalized spacial score (nSPS) is 17.0. The summed E-state index contributed by atoms with van der Waals surface area (Å²) in [5.74, 6) is -2.68. The fourth-order valence-corrected chi connectivity index (χ4v) is 2.80. The van der Waals surface area contributed by atoms with E-state index in [2.05, 4.69) is 0 Å². The second-order valence-corrected chi connectivity index (χ2v) is 5.81. The number of carbonyl (C=O) groups is 3. The molecule has 0 N–H and O–H groups in total. The molecule has 5 nitrogen and oxygen atoms in total. The van der Waals surface area contributed by atoms with E-state index in [4.69, 9.17) is 4.74 Å². The topological polar surface area (TPSA) is 63.7 Å². The minimum atomic E-state index is -1.34. The van der Waals surface area contributed by atoms with E-state index in [1.165, 1.54) is 17.0 Å². The van der Waals surface area contributed by atoms with Crippen LogP contribution in [-0.4, -0.2) is 36.0 Å². The number of likely N-dealkylation sites (tertiary alicyclic amines) is 1. The highest BCUT2D eigenvalue weighted by Gasteiger charge is 2.44. The van der Waals surface area contributed by atoms with Gasteiger partial charge in [0.1, 0.15) is 11.6 Å². The molecule has 6 heteroatoms. The Morgan fingerprint density at radius 2 is 1.76 bits per heavy atom. The first-order chi connectivity index (χ1) is 12.0. The van der Waals surface area contributed by atoms with Gasteiger partial charge in [0.05, 0.1) is 13.7 Å². The summed E-state index contributed by atoms with van der Waals surface area (Å²) in [6.07, 6.45) is 0. The summed E-state index contributed by atoms with van der Waals surface area (Å²) in [7, 11) is 1.56. The lowest BCUT2D eigenvalue weighted by Gasteiger charge is -2.15. The van der Waals surface area contributed by atoms with Gasteiger partial charge < -0.3 is 9.64 Å². The molecule has 0 aliphatic carbocycles. The Morgan fingerprint density at radius 3 is 2.36 bits per heavy atom. The predicted molar refractivity (Wildman–Crippen MR) is 87.6 cm³/mol. The third-order valence-electron chi connectivity index (χ3n) is 4.15. The Kier molecular flexibility index (Phi) is 4.61. The lowest BCUT2D eigenvalue weighted by molar-refractivity contribution is -0.130. The maximum absolute atomic E-state index is 13.0. The van der Waals surface area contributed by atoms with Crippen molar-refractivity contribution >= 4 is 17.5 Å². The van der Waals surface area contributed by atoms with E-state index >= 15 is 0 Å². The molecule has 128 valence electrons. The number of ether oxygens (including phenoxy) is 1. The minimum Gasteiger partial charge on any atom is -0.497 e. The molecule has 0 bridgehead atoms. The first kappa shape index (κ1) is 16.8. The van der Waals surface area contributed by atoms with E-state index in [0.717, 1.165) is 17.7 Å². The molecule has 1 amide bonds. The van der Waals surface area contributed by atoms with Crippen molar-refractivity contribution in [3.63, 3.8) is 0 Å². The number of amides is 1. The number of Topliss-reactive ketones (excluding diaryl/α,β-unsaturated/α-hetero) is 2. The van der Waals surface area contributed by atoms with Crippen molar-refractivity contribution in [1.29, 1.82) is 0 Å². The van der Waals surface area contributed by atoms with Crippen molar-refractivity contribution in [3.05, 3.63) is 65.5 Å². The van der Waals surface area contributed by atoms with E-state index in [-0.39, 0.29) is 18.7 Å². The number of hydrogen-bond acceptors (Lipinski definition) is 4. The first-order valence-corrected chi connectivity index (χ1v) is 7.74. The summed E-state index contributed by atoms with van der Waals surface area (Å²) in [5.41, 5.74) is 0.983. The number of methoxy groups -OCH3 is 1. The van der Waals surface area contributed by atoms with E-state index in [0.29, 0.717) is 5.75 Å².